The van der Waals surface area contributed by atoms with E-state index in [1.54, 1.807) is 11.8 Å². The highest BCUT2D eigenvalue weighted by atomic mass is 16.5. The second-order valence-electron chi connectivity index (χ2n) is 11.9. The second kappa shape index (κ2) is 12.3. The molecule has 2 aliphatic heterocycles. The van der Waals surface area contributed by atoms with Crippen LogP contribution in [-0.4, -0.2) is 40.6 Å². The third-order valence-corrected chi connectivity index (χ3v) is 8.21. The number of ether oxygens (including phenoxy) is 1. The zero-order valence-corrected chi connectivity index (χ0v) is 23.7. The fourth-order valence-electron chi connectivity index (χ4n) is 5.59. The van der Waals surface area contributed by atoms with Crippen molar-refractivity contribution < 1.29 is 14.3 Å². The molecule has 0 bridgehead atoms. The van der Waals surface area contributed by atoms with Crippen molar-refractivity contribution in [2.24, 2.45) is 5.41 Å². The molecular formula is C33H44N2O3. The van der Waals surface area contributed by atoms with Crippen molar-refractivity contribution in [2.45, 2.75) is 92.0 Å². The first-order valence-corrected chi connectivity index (χ1v) is 14.2. The number of carbonyl (C=O) groups excluding carboxylic acids is 2. The van der Waals surface area contributed by atoms with Gasteiger partial charge in [0, 0.05) is 17.7 Å². The first-order valence-electron chi connectivity index (χ1n) is 14.2. The highest BCUT2D eigenvalue weighted by Crippen LogP contribution is 2.34. The minimum absolute atomic E-state index is 0.0197. The van der Waals surface area contributed by atoms with E-state index in [-0.39, 0.29) is 11.7 Å². The maximum Gasteiger partial charge on any atom is 0.255 e. The van der Waals surface area contributed by atoms with Crippen LogP contribution in [0.1, 0.15) is 93.3 Å². The number of amides is 1. The van der Waals surface area contributed by atoms with E-state index < -0.39 is 6.04 Å². The number of rotatable bonds is 12. The molecule has 1 atom stereocenters. The Morgan fingerprint density at radius 1 is 1.05 bits per heavy atom. The van der Waals surface area contributed by atoms with Crippen LogP contribution in [0.15, 0.2) is 54.6 Å². The lowest BCUT2D eigenvalue weighted by Crippen LogP contribution is -2.40. The Kier molecular flexibility index (Phi) is 9.09. The van der Waals surface area contributed by atoms with E-state index in [9.17, 15) is 9.59 Å². The van der Waals surface area contributed by atoms with Gasteiger partial charge in [-0.25, -0.2) is 0 Å². The van der Waals surface area contributed by atoms with Gasteiger partial charge >= 0.3 is 0 Å². The average molecular weight is 517 g/mol. The first kappa shape index (κ1) is 28.1. The highest BCUT2D eigenvalue weighted by molar-refractivity contribution is 6.01. The van der Waals surface area contributed by atoms with Gasteiger partial charge in [0.15, 0.2) is 5.78 Å². The van der Waals surface area contributed by atoms with Crippen molar-refractivity contribution in [3.63, 3.8) is 0 Å². The van der Waals surface area contributed by atoms with Crippen LogP contribution in [-0.2, 0) is 24.5 Å². The molecule has 0 radical (unpaired) electrons. The number of benzene rings is 2. The molecule has 5 heteroatoms. The van der Waals surface area contributed by atoms with E-state index in [1.807, 2.05) is 18.2 Å². The van der Waals surface area contributed by atoms with Crippen LogP contribution in [0.3, 0.4) is 0 Å². The molecule has 0 N–H and O–H groups in total. The molecule has 5 nitrogen and oxygen atoms in total. The van der Waals surface area contributed by atoms with E-state index in [1.165, 1.54) is 18.4 Å². The number of hydrogen-bond acceptors (Lipinski definition) is 4. The Morgan fingerprint density at radius 2 is 1.74 bits per heavy atom. The molecule has 1 fully saturated rings. The summed E-state index contributed by atoms with van der Waals surface area (Å²) >= 11 is 0. The van der Waals surface area contributed by atoms with Crippen molar-refractivity contribution in [1.29, 1.82) is 0 Å². The number of fused-ring (bicyclic) bond motifs is 1. The molecule has 2 aromatic carbocycles. The van der Waals surface area contributed by atoms with E-state index in [2.05, 4.69) is 56.5 Å². The normalized spacial score (nSPS) is 17.8. The number of carbonyl (C=O) groups is 2. The molecule has 2 aliphatic rings. The van der Waals surface area contributed by atoms with Gasteiger partial charge in [-0.3, -0.25) is 14.5 Å². The maximum atomic E-state index is 13.3. The number of likely N-dealkylation sites (tertiary alicyclic amines) is 1. The van der Waals surface area contributed by atoms with E-state index >= 15 is 0 Å². The van der Waals surface area contributed by atoms with Gasteiger partial charge in [0.1, 0.15) is 12.4 Å². The smallest absolute Gasteiger partial charge is 0.255 e. The van der Waals surface area contributed by atoms with Gasteiger partial charge in [0.05, 0.1) is 12.6 Å². The number of allylic oxidation sites excluding steroid dienone is 1. The Balaban J connectivity index is 1.36. The molecule has 38 heavy (non-hydrogen) atoms. The molecule has 204 valence electrons. The molecule has 0 aromatic heterocycles. The number of piperidine rings is 1. The highest BCUT2D eigenvalue weighted by Gasteiger charge is 2.36. The summed E-state index contributed by atoms with van der Waals surface area (Å²) in [6.45, 7) is 16.7. The van der Waals surface area contributed by atoms with Gasteiger partial charge in [-0.2, -0.15) is 0 Å². The summed E-state index contributed by atoms with van der Waals surface area (Å²) in [6.07, 6.45) is 5.87. The number of ketones is 1. The minimum Gasteiger partial charge on any atom is -0.489 e. The van der Waals surface area contributed by atoms with Crippen molar-refractivity contribution in [3.8, 4) is 5.75 Å². The van der Waals surface area contributed by atoms with E-state index in [0.717, 1.165) is 61.3 Å². The largest absolute Gasteiger partial charge is 0.489 e. The van der Waals surface area contributed by atoms with Crippen molar-refractivity contribution in [3.05, 3.63) is 76.9 Å². The summed E-state index contributed by atoms with van der Waals surface area (Å²) in [5.74, 6) is 0.652. The van der Waals surface area contributed by atoms with Crippen LogP contribution in [0.25, 0.3) is 0 Å². The zero-order valence-electron chi connectivity index (χ0n) is 23.7. The Morgan fingerprint density at radius 3 is 2.39 bits per heavy atom. The summed E-state index contributed by atoms with van der Waals surface area (Å²) in [5.41, 5.74) is 5.54. The van der Waals surface area contributed by atoms with Gasteiger partial charge in [0.2, 0.25) is 0 Å². The van der Waals surface area contributed by atoms with Crippen LogP contribution in [0, 0.1) is 5.41 Å². The summed E-state index contributed by atoms with van der Waals surface area (Å²) < 4.78 is 6.23. The molecule has 2 aromatic rings. The molecule has 4 rings (SSSR count). The van der Waals surface area contributed by atoms with Crippen molar-refractivity contribution in [1.82, 2.24) is 9.80 Å². The first-order chi connectivity index (χ1) is 18.2. The molecule has 2 heterocycles. The lowest BCUT2D eigenvalue weighted by molar-refractivity contribution is -0.121. The maximum absolute atomic E-state index is 13.3. The van der Waals surface area contributed by atoms with E-state index in [0.29, 0.717) is 30.6 Å². The molecule has 1 saturated heterocycles. The predicted octanol–water partition coefficient (Wildman–Crippen LogP) is 6.94. The topological polar surface area (TPSA) is 49.9 Å². The van der Waals surface area contributed by atoms with Gasteiger partial charge in [-0.1, -0.05) is 69.7 Å². The molecular weight excluding hydrogens is 472 g/mol. The number of nitrogens with zero attached hydrogens (tertiary/aromatic N) is 2. The zero-order chi connectivity index (χ0) is 27.3. The predicted molar refractivity (Wildman–Crippen MR) is 153 cm³/mol. The monoisotopic (exact) mass is 516 g/mol. The fourth-order valence-corrected chi connectivity index (χ4v) is 5.59. The van der Waals surface area contributed by atoms with Gasteiger partial charge in [0.25, 0.3) is 5.91 Å². The average Bonchev–Trinajstić information content (AvgIpc) is 3.21. The van der Waals surface area contributed by atoms with Crippen molar-refractivity contribution in [2.75, 3.05) is 13.1 Å². The van der Waals surface area contributed by atoms with Crippen LogP contribution in [0.4, 0.5) is 0 Å². The number of hydrogen-bond donors (Lipinski definition) is 0. The third-order valence-electron chi connectivity index (χ3n) is 8.21. The van der Waals surface area contributed by atoms with Gasteiger partial charge in [-0.05, 0) is 80.8 Å². The number of Topliss-reactive ketones (excluding diaryl/α,β-unsaturated/α-hetero) is 1. The van der Waals surface area contributed by atoms with Gasteiger partial charge < -0.3 is 9.64 Å². The van der Waals surface area contributed by atoms with E-state index in [4.69, 9.17) is 4.74 Å². The lowest BCUT2D eigenvalue weighted by atomic mass is 9.82. The molecule has 1 unspecified atom stereocenters. The Bertz CT molecular complexity index is 1140. The molecule has 0 spiro atoms. The van der Waals surface area contributed by atoms with Crippen LogP contribution >= 0.6 is 0 Å². The van der Waals surface area contributed by atoms with Gasteiger partial charge in [-0.15, -0.1) is 0 Å². The van der Waals surface area contributed by atoms with Crippen LogP contribution in [0.2, 0.25) is 0 Å². The molecule has 0 saturated carbocycles. The summed E-state index contributed by atoms with van der Waals surface area (Å²) in [6, 6.07) is 13.9. The fraction of sp³-hybridized carbons (Fsp3) is 0.515. The molecule has 1 amide bonds. The summed E-state index contributed by atoms with van der Waals surface area (Å²) in [7, 11) is 0. The summed E-state index contributed by atoms with van der Waals surface area (Å²) in [5, 5.41) is 0. The quantitative estimate of drug-likeness (QED) is 0.287. The standard InChI is InChI=1S/C33H44N2O3/c1-6-8-24(2)11-16-30(25(3)36)35-22-29-28(32(35)37)9-7-10-31(29)38-23-27-14-12-26(13-15-27)21-34-19-17-33(4,5)18-20-34/h7,9-10,12-15,30H,2,6,8,11,16-23H2,1,3-5H3. The lowest BCUT2D eigenvalue weighted by Gasteiger charge is -2.36. The SMILES string of the molecule is C=C(CCC)CCC(C(C)=O)N1Cc2c(OCc3ccc(CN4CCC(C)(C)CC4)cc3)cccc2C1=O. The Hall–Kier alpha value is -2.92. The Labute approximate surface area is 228 Å². The minimum atomic E-state index is -0.435. The van der Waals surface area contributed by atoms with Crippen LogP contribution < -0.4 is 4.74 Å². The van der Waals surface area contributed by atoms with Crippen LogP contribution in [0.5, 0.6) is 5.75 Å². The second-order valence-corrected chi connectivity index (χ2v) is 11.9. The summed E-state index contributed by atoms with van der Waals surface area (Å²) in [4.78, 5) is 30.0. The molecule has 0 aliphatic carbocycles. The van der Waals surface area contributed by atoms with Crippen molar-refractivity contribution >= 4 is 11.7 Å². The third kappa shape index (κ3) is 6.93.